The number of nitrogens with zero attached hydrogens (tertiary/aromatic N) is 3. The fourth-order valence-corrected chi connectivity index (χ4v) is 2.89. The molecule has 3 rings (SSSR count). The van der Waals surface area contributed by atoms with E-state index in [2.05, 4.69) is 0 Å². The molecule has 0 atom stereocenters. The SMILES string of the molecule is CN(Cc1ccc(C(F)(F)F)cc1)C(=O)CN1C(=O)COc2ccc([N+](=O)[O-])cc21. The lowest BCUT2D eigenvalue weighted by molar-refractivity contribution is -0.384. The van der Waals surface area contributed by atoms with Crippen LogP contribution in [0, 0.1) is 10.1 Å². The van der Waals surface area contributed by atoms with Crippen LogP contribution < -0.4 is 9.64 Å². The van der Waals surface area contributed by atoms with E-state index in [1.807, 2.05) is 0 Å². The summed E-state index contributed by atoms with van der Waals surface area (Å²) in [6.07, 6.45) is -4.45. The van der Waals surface area contributed by atoms with Crippen molar-refractivity contribution in [3.8, 4) is 5.75 Å². The van der Waals surface area contributed by atoms with Crippen molar-refractivity contribution in [1.82, 2.24) is 4.90 Å². The first-order chi connectivity index (χ1) is 14.1. The zero-order valence-corrected chi connectivity index (χ0v) is 15.7. The first kappa shape index (κ1) is 21.1. The number of anilines is 1. The minimum absolute atomic E-state index is 0.0251. The number of likely N-dealkylation sites (N-methyl/N-ethyl adjacent to an activating group) is 1. The molecule has 0 saturated carbocycles. The second kappa shape index (κ2) is 8.01. The fraction of sp³-hybridized carbons (Fsp3) is 0.263. The normalized spacial score (nSPS) is 13.5. The average Bonchev–Trinajstić information content (AvgIpc) is 2.69. The summed E-state index contributed by atoms with van der Waals surface area (Å²) in [6.45, 7) is -0.689. The number of hydrogen-bond donors (Lipinski definition) is 0. The Hall–Kier alpha value is -3.63. The van der Waals surface area contributed by atoms with E-state index in [-0.39, 0.29) is 30.3 Å². The van der Waals surface area contributed by atoms with Crippen LogP contribution in [0.5, 0.6) is 5.75 Å². The zero-order chi connectivity index (χ0) is 22.1. The van der Waals surface area contributed by atoms with Crippen LogP contribution in [0.3, 0.4) is 0 Å². The van der Waals surface area contributed by atoms with Crippen molar-refractivity contribution >= 4 is 23.2 Å². The van der Waals surface area contributed by atoms with Crippen molar-refractivity contribution in [2.45, 2.75) is 12.7 Å². The molecule has 8 nitrogen and oxygen atoms in total. The molecule has 1 aliphatic rings. The van der Waals surface area contributed by atoms with Gasteiger partial charge in [-0.05, 0) is 23.8 Å². The number of benzene rings is 2. The molecule has 0 aromatic heterocycles. The molecule has 0 bridgehead atoms. The molecule has 2 aromatic carbocycles. The molecule has 0 N–H and O–H groups in total. The van der Waals surface area contributed by atoms with Crippen molar-refractivity contribution in [2.24, 2.45) is 0 Å². The maximum absolute atomic E-state index is 12.7. The Labute approximate surface area is 168 Å². The van der Waals surface area contributed by atoms with Crippen LogP contribution in [0.2, 0.25) is 0 Å². The summed E-state index contributed by atoms with van der Waals surface area (Å²) in [4.78, 5) is 37.6. The number of carbonyl (C=O) groups is 2. The van der Waals surface area contributed by atoms with Gasteiger partial charge in [-0.25, -0.2) is 0 Å². The molecule has 0 unspecified atom stereocenters. The number of rotatable bonds is 5. The van der Waals surface area contributed by atoms with Crippen LogP contribution in [-0.4, -0.2) is 41.8 Å². The molecular formula is C19H16F3N3O5. The van der Waals surface area contributed by atoms with E-state index in [1.54, 1.807) is 0 Å². The Balaban J connectivity index is 1.73. The van der Waals surface area contributed by atoms with Gasteiger partial charge >= 0.3 is 6.18 Å². The number of halogens is 3. The number of nitro groups is 1. The van der Waals surface area contributed by atoms with E-state index in [0.717, 1.165) is 23.1 Å². The van der Waals surface area contributed by atoms with Gasteiger partial charge in [0.2, 0.25) is 5.91 Å². The predicted octanol–water partition coefficient (Wildman–Crippen LogP) is 3.00. The van der Waals surface area contributed by atoms with E-state index in [4.69, 9.17) is 4.74 Å². The van der Waals surface area contributed by atoms with Crippen molar-refractivity contribution in [1.29, 1.82) is 0 Å². The third-order valence-electron chi connectivity index (χ3n) is 4.52. The van der Waals surface area contributed by atoms with Crippen LogP contribution >= 0.6 is 0 Å². The first-order valence-electron chi connectivity index (χ1n) is 8.68. The third-order valence-corrected chi connectivity index (χ3v) is 4.52. The van der Waals surface area contributed by atoms with Gasteiger partial charge in [-0.1, -0.05) is 12.1 Å². The highest BCUT2D eigenvalue weighted by Crippen LogP contribution is 2.35. The third kappa shape index (κ3) is 4.50. The van der Waals surface area contributed by atoms with Gasteiger partial charge in [0.1, 0.15) is 12.3 Å². The minimum Gasteiger partial charge on any atom is -0.482 e. The molecule has 1 aliphatic heterocycles. The van der Waals surface area contributed by atoms with E-state index < -0.39 is 35.0 Å². The van der Waals surface area contributed by atoms with Crippen LogP contribution in [0.1, 0.15) is 11.1 Å². The van der Waals surface area contributed by atoms with Gasteiger partial charge in [0, 0.05) is 25.7 Å². The highest BCUT2D eigenvalue weighted by atomic mass is 19.4. The largest absolute Gasteiger partial charge is 0.482 e. The number of non-ortho nitro benzene ring substituents is 1. The lowest BCUT2D eigenvalue weighted by atomic mass is 10.1. The summed E-state index contributed by atoms with van der Waals surface area (Å²) in [5.41, 5.74) is -0.472. The lowest BCUT2D eigenvalue weighted by Crippen LogP contribution is -2.45. The molecule has 0 aliphatic carbocycles. The number of hydrogen-bond acceptors (Lipinski definition) is 5. The maximum atomic E-state index is 12.7. The summed E-state index contributed by atoms with van der Waals surface area (Å²) >= 11 is 0. The smallest absolute Gasteiger partial charge is 0.416 e. The molecule has 0 fully saturated rings. The van der Waals surface area contributed by atoms with Crippen LogP contribution in [0.15, 0.2) is 42.5 Å². The topological polar surface area (TPSA) is 93.0 Å². The Bertz CT molecular complexity index is 992. The predicted molar refractivity (Wildman–Crippen MR) is 98.9 cm³/mol. The van der Waals surface area contributed by atoms with Gasteiger partial charge in [-0.15, -0.1) is 0 Å². The van der Waals surface area contributed by atoms with Gasteiger partial charge in [0.15, 0.2) is 6.61 Å². The molecule has 2 aromatic rings. The standard InChI is InChI=1S/C19H16F3N3O5/c1-23(9-12-2-4-13(5-3-12)19(20,21)22)17(26)10-24-15-8-14(25(28)29)6-7-16(15)30-11-18(24)27/h2-8H,9-11H2,1H3. The van der Waals surface area contributed by atoms with Crippen LogP contribution in [-0.2, 0) is 22.3 Å². The highest BCUT2D eigenvalue weighted by Gasteiger charge is 2.31. The van der Waals surface area contributed by atoms with Crippen molar-refractivity contribution in [3.63, 3.8) is 0 Å². The number of fused-ring (bicyclic) bond motifs is 1. The fourth-order valence-electron chi connectivity index (χ4n) is 2.89. The van der Waals surface area contributed by atoms with Gasteiger partial charge in [0.05, 0.1) is 16.2 Å². The second-order valence-electron chi connectivity index (χ2n) is 6.62. The molecule has 1 heterocycles. The minimum atomic E-state index is -4.45. The maximum Gasteiger partial charge on any atom is 0.416 e. The summed E-state index contributed by atoms with van der Waals surface area (Å²) in [5, 5.41) is 11.0. The number of carbonyl (C=O) groups excluding carboxylic acids is 2. The number of nitro benzene ring substituents is 1. The quantitative estimate of drug-likeness (QED) is 0.545. The number of ether oxygens (including phenoxy) is 1. The summed E-state index contributed by atoms with van der Waals surface area (Å²) in [6, 6.07) is 8.11. The molecule has 0 saturated heterocycles. The molecule has 30 heavy (non-hydrogen) atoms. The van der Waals surface area contributed by atoms with Crippen LogP contribution in [0.25, 0.3) is 0 Å². The van der Waals surface area contributed by atoms with E-state index >= 15 is 0 Å². The Morgan fingerprint density at radius 2 is 1.90 bits per heavy atom. The van der Waals surface area contributed by atoms with Gasteiger partial charge in [0.25, 0.3) is 11.6 Å². The zero-order valence-electron chi connectivity index (χ0n) is 15.7. The monoisotopic (exact) mass is 423 g/mol. The summed E-state index contributed by atoms with van der Waals surface area (Å²) in [5.74, 6) is -0.805. The molecule has 0 radical (unpaired) electrons. The average molecular weight is 423 g/mol. The van der Waals surface area contributed by atoms with Gasteiger partial charge < -0.3 is 9.64 Å². The summed E-state index contributed by atoms with van der Waals surface area (Å²) in [7, 11) is 1.44. The van der Waals surface area contributed by atoms with E-state index in [9.17, 15) is 32.9 Å². The van der Waals surface area contributed by atoms with Gasteiger partial charge in [-0.2, -0.15) is 13.2 Å². The number of amides is 2. The van der Waals surface area contributed by atoms with E-state index in [0.29, 0.717) is 5.56 Å². The molecule has 158 valence electrons. The lowest BCUT2D eigenvalue weighted by Gasteiger charge is -2.30. The van der Waals surface area contributed by atoms with E-state index in [1.165, 1.54) is 36.2 Å². The Morgan fingerprint density at radius 3 is 2.50 bits per heavy atom. The first-order valence-corrected chi connectivity index (χ1v) is 8.68. The molecule has 2 amide bonds. The molecular weight excluding hydrogens is 407 g/mol. The van der Waals surface area contributed by atoms with Crippen molar-refractivity contribution in [3.05, 3.63) is 63.7 Å². The van der Waals surface area contributed by atoms with Crippen LogP contribution in [0.4, 0.5) is 24.5 Å². The Morgan fingerprint density at radius 1 is 1.23 bits per heavy atom. The molecule has 11 heteroatoms. The van der Waals surface area contributed by atoms with Gasteiger partial charge in [-0.3, -0.25) is 24.6 Å². The number of alkyl halides is 3. The van der Waals surface area contributed by atoms with Crippen molar-refractivity contribution in [2.75, 3.05) is 25.1 Å². The molecule has 0 spiro atoms. The second-order valence-corrected chi connectivity index (χ2v) is 6.62. The van der Waals surface area contributed by atoms with Crippen molar-refractivity contribution < 1.29 is 32.4 Å². The summed E-state index contributed by atoms with van der Waals surface area (Å²) < 4.78 is 43.2. The Kier molecular flexibility index (Phi) is 5.63. The highest BCUT2D eigenvalue weighted by molar-refractivity contribution is 6.02.